The van der Waals surface area contributed by atoms with E-state index in [0.29, 0.717) is 0 Å². The van der Waals surface area contributed by atoms with Gasteiger partial charge in [0.05, 0.1) is 5.02 Å². The van der Waals surface area contributed by atoms with Crippen LogP contribution >= 0.6 is 11.6 Å². The number of halogens is 2. The number of rotatable bonds is 1. The summed E-state index contributed by atoms with van der Waals surface area (Å²) in [6.45, 7) is 0. The molecule has 0 bridgehead atoms. The standard InChI is InChI=1S/C7H4ClFO3/c8-6-4(10)2-1-3(9)5(6)7(11)12/h1-2,10H,(H,11,12). The van der Waals surface area contributed by atoms with Gasteiger partial charge < -0.3 is 10.2 Å². The topological polar surface area (TPSA) is 57.5 Å². The first-order chi connectivity index (χ1) is 5.54. The Kier molecular flexibility index (Phi) is 2.19. The van der Waals surface area contributed by atoms with Crippen molar-refractivity contribution in [1.82, 2.24) is 0 Å². The summed E-state index contributed by atoms with van der Waals surface area (Å²) in [5, 5.41) is 16.9. The number of hydrogen-bond donors (Lipinski definition) is 2. The number of carboxylic acids is 1. The molecular formula is C7H4ClFO3. The van der Waals surface area contributed by atoms with Crippen molar-refractivity contribution in [3.05, 3.63) is 28.5 Å². The minimum Gasteiger partial charge on any atom is -0.506 e. The molecular weight excluding hydrogens is 187 g/mol. The van der Waals surface area contributed by atoms with Gasteiger partial charge in [-0.2, -0.15) is 0 Å². The first-order valence-corrected chi connectivity index (χ1v) is 3.32. The summed E-state index contributed by atoms with van der Waals surface area (Å²) in [6.07, 6.45) is 0. The Balaban J connectivity index is 3.43. The minimum absolute atomic E-state index is 0.449. The Labute approximate surface area is 72.0 Å². The van der Waals surface area contributed by atoms with Crippen molar-refractivity contribution in [2.45, 2.75) is 0 Å². The number of carboxylic acid groups (broad SMARTS) is 1. The molecule has 3 nitrogen and oxygen atoms in total. The molecule has 0 spiro atoms. The Morgan fingerprint density at radius 3 is 2.50 bits per heavy atom. The summed E-state index contributed by atoms with van der Waals surface area (Å²) < 4.78 is 12.7. The van der Waals surface area contributed by atoms with Crippen LogP contribution in [0.15, 0.2) is 12.1 Å². The fourth-order valence-electron chi connectivity index (χ4n) is 0.738. The third-order valence-electron chi connectivity index (χ3n) is 1.28. The number of aromatic hydroxyl groups is 1. The van der Waals surface area contributed by atoms with E-state index < -0.39 is 28.1 Å². The molecule has 0 radical (unpaired) electrons. The molecule has 12 heavy (non-hydrogen) atoms. The maximum absolute atomic E-state index is 12.7. The van der Waals surface area contributed by atoms with Gasteiger partial charge in [0, 0.05) is 0 Å². The zero-order chi connectivity index (χ0) is 9.30. The molecule has 1 aromatic carbocycles. The van der Waals surface area contributed by atoms with Crippen molar-refractivity contribution >= 4 is 17.6 Å². The van der Waals surface area contributed by atoms with E-state index in [2.05, 4.69) is 0 Å². The molecule has 0 unspecified atom stereocenters. The van der Waals surface area contributed by atoms with Gasteiger partial charge in [0.1, 0.15) is 17.1 Å². The monoisotopic (exact) mass is 190 g/mol. The van der Waals surface area contributed by atoms with Gasteiger partial charge >= 0.3 is 5.97 Å². The highest BCUT2D eigenvalue weighted by Crippen LogP contribution is 2.28. The van der Waals surface area contributed by atoms with Crippen molar-refractivity contribution in [3.63, 3.8) is 0 Å². The molecule has 0 atom stereocenters. The lowest BCUT2D eigenvalue weighted by Crippen LogP contribution is -2.01. The largest absolute Gasteiger partial charge is 0.506 e. The van der Waals surface area contributed by atoms with E-state index in [4.69, 9.17) is 21.8 Å². The maximum atomic E-state index is 12.7. The quantitative estimate of drug-likeness (QED) is 0.711. The Hall–Kier alpha value is -1.29. The smallest absolute Gasteiger partial charge is 0.340 e. The lowest BCUT2D eigenvalue weighted by Gasteiger charge is -2.01. The van der Waals surface area contributed by atoms with Gasteiger partial charge in [-0.3, -0.25) is 0 Å². The molecule has 0 aliphatic heterocycles. The predicted molar refractivity (Wildman–Crippen MR) is 40.0 cm³/mol. The highest BCUT2D eigenvalue weighted by molar-refractivity contribution is 6.34. The second-order valence-corrected chi connectivity index (χ2v) is 2.44. The lowest BCUT2D eigenvalue weighted by atomic mass is 10.2. The SMILES string of the molecule is O=C(O)c1c(F)ccc(O)c1Cl. The molecule has 0 aliphatic rings. The van der Waals surface area contributed by atoms with Gasteiger partial charge in [-0.15, -0.1) is 0 Å². The van der Waals surface area contributed by atoms with Crippen LogP contribution in [-0.4, -0.2) is 16.2 Å². The molecule has 0 saturated carbocycles. The fraction of sp³-hybridized carbons (Fsp3) is 0. The van der Waals surface area contributed by atoms with Crippen molar-refractivity contribution in [1.29, 1.82) is 0 Å². The first kappa shape index (κ1) is 8.80. The molecule has 0 amide bonds. The molecule has 2 N–H and O–H groups in total. The Bertz CT molecular complexity index is 338. The molecule has 0 fully saturated rings. The molecule has 1 aromatic rings. The number of hydrogen-bond acceptors (Lipinski definition) is 2. The molecule has 1 rings (SSSR count). The molecule has 5 heteroatoms. The number of aromatic carboxylic acids is 1. The Morgan fingerprint density at radius 2 is 2.08 bits per heavy atom. The summed E-state index contributed by atoms with van der Waals surface area (Å²) in [7, 11) is 0. The normalized spacial score (nSPS) is 9.83. The Morgan fingerprint density at radius 1 is 1.50 bits per heavy atom. The van der Waals surface area contributed by atoms with E-state index in [1.165, 1.54) is 0 Å². The average molecular weight is 191 g/mol. The summed E-state index contributed by atoms with van der Waals surface area (Å²) in [4.78, 5) is 10.4. The zero-order valence-electron chi connectivity index (χ0n) is 5.71. The summed E-state index contributed by atoms with van der Waals surface area (Å²) in [5.74, 6) is -2.92. The van der Waals surface area contributed by atoms with Crippen LogP contribution in [-0.2, 0) is 0 Å². The number of benzene rings is 1. The van der Waals surface area contributed by atoms with Gasteiger partial charge in [0.15, 0.2) is 0 Å². The van der Waals surface area contributed by atoms with E-state index in [1.54, 1.807) is 0 Å². The summed E-state index contributed by atoms with van der Waals surface area (Å²) in [5.41, 5.74) is -0.711. The van der Waals surface area contributed by atoms with Crippen LogP contribution in [0.4, 0.5) is 4.39 Å². The van der Waals surface area contributed by atoms with Gasteiger partial charge in [-0.1, -0.05) is 11.6 Å². The van der Waals surface area contributed by atoms with Crippen LogP contribution in [0.5, 0.6) is 5.75 Å². The maximum Gasteiger partial charge on any atom is 0.340 e. The molecule has 0 saturated heterocycles. The highest BCUT2D eigenvalue weighted by atomic mass is 35.5. The van der Waals surface area contributed by atoms with Crippen LogP contribution in [0.3, 0.4) is 0 Å². The lowest BCUT2D eigenvalue weighted by molar-refractivity contribution is 0.0691. The van der Waals surface area contributed by atoms with Crippen LogP contribution < -0.4 is 0 Å². The second-order valence-electron chi connectivity index (χ2n) is 2.06. The third-order valence-corrected chi connectivity index (χ3v) is 1.67. The van der Waals surface area contributed by atoms with Crippen molar-refractivity contribution in [3.8, 4) is 5.75 Å². The minimum atomic E-state index is -1.51. The molecule has 0 heterocycles. The first-order valence-electron chi connectivity index (χ1n) is 2.94. The van der Waals surface area contributed by atoms with Gasteiger partial charge in [0.25, 0.3) is 0 Å². The van der Waals surface area contributed by atoms with E-state index in [0.717, 1.165) is 12.1 Å². The average Bonchev–Trinajstić information content (AvgIpc) is 1.97. The molecule has 0 aromatic heterocycles. The van der Waals surface area contributed by atoms with Gasteiger partial charge in [0.2, 0.25) is 0 Å². The van der Waals surface area contributed by atoms with E-state index in [9.17, 15) is 9.18 Å². The summed E-state index contributed by atoms with van der Waals surface area (Å²) in [6, 6.07) is 1.83. The van der Waals surface area contributed by atoms with Crippen LogP contribution in [0.25, 0.3) is 0 Å². The fourth-order valence-corrected chi connectivity index (χ4v) is 0.972. The van der Waals surface area contributed by atoms with E-state index in [1.807, 2.05) is 0 Å². The highest BCUT2D eigenvalue weighted by Gasteiger charge is 2.17. The van der Waals surface area contributed by atoms with Crippen LogP contribution in [0, 0.1) is 5.82 Å². The van der Waals surface area contributed by atoms with Gasteiger partial charge in [-0.05, 0) is 12.1 Å². The third kappa shape index (κ3) is 1.33. The zero-order valence-corrected chi connectivity index (χ0v) is 6.47. The van der Waals surface area contributed by atoms with Crippen LogP contribution in [0.2, 0.25) is 5.02 Å². The second kappa shape index (κ2) is 2.98. The van der Waals surface area contributed by atoms with Crippen molar-refractivity contribution < 1.29 is 19.4 Å². The van der Waals surface area contributed by atoms with E-state index >= 15 is 0 Å². The van der Waals surface area contributed by atoms with E-state index in [-0.39, 0.29) is 0 Å². The molecule has 0 aliphatic carbocycles. The number of phenolic OH excluding ortho intramolecular Hbond substituents is 1. The number of carbonyl (C=O) groups is 1. The van der Waals surface area contributed by atoms with Crippen LogP contribution in [0.1, 0.15) is 10.4 Å². The van der Waals surface area contributed by atoms with Crippen molar-refractivity contribution in [2.75, 3.05) is 0 Å². The molecule has 64 valence electrons. The van der Waals surface area contributed by atoms with Crippen molar-refractivity contribution in [2.24, 2.45) is 0 Å². The number of phenols is 1. The predicted octanol–water partition coefficient (Wildman–Crippen LogP) is 1.88. The van der Waals surface area contributed by atoms with Gasteiger partial charge in [-0.25, -0.2) is 9.18 Å². The summed E-state index contributed by atoms with van der Waals surface area (Å²) >= 11 is 5.32.